The van der Waals surface area contributed by atoms with Gasteiger partial charge in [0.25, 0.3) is 0 Å². The van der Waals surface area contributed by atoms with Crippen LogP contribution in [0.1, 0.15) is 33.6 Å². The summed E-state index contributed by atoms with van der Waals surface area (Å²) in [5.41, 5.74) is 0.452. The van der Waals surface area contributed by atoms with Crippen molar-refractivity contribution in [3.05, 3.63) is 9.38 Å². The molecule has 2 rings (SSSR count). The average Bonchev–Trinajstić information content (AvgIpc) is 2.50. The van der Waals surface area contributed by atoms with Crippen LogP contribution >= 0.6 is 0 Å². The molecule has 1 fully saturated rings. The van der Waals surface area contributed by atoms with Crippen LogP contribution in [0.2, 0.25) is 19.6 Å². The number of fused-ring (bicyclic) bond motifs is 2. The van der Waals surface area contributed by atoms with Gasteiger partial charge in [0.2, 0.25) is 0 Å². The fourth-order valence-electron chi connectivity index (χ4n) is 3.43. The van der Waals surface area contributed by atoms with Crippen LogP contribution in [0, 0.1) is 26.1 Å². The minimum absolute atomic E-state index is 0.175. The standard InChI is InChI=1S/C14H23NOSiTe/c1-13(2)10-7-8-14(13,3)12(11(10)18-9-15)16-17(4,5)6/h10H,7-8H2,1-6H3/t10-,14+/m1/s1. The van der Waals surface area contributed by atoms with Gasteiger partial charge < -0.3 is 0 Å². The Morgan fingerprint density at radius 3 is 2.44 bits per heavy atom. The molecule has 0 aromatic heterocycles. The molecule has 0 amide bonds. The zero-order chi connectivity index (χ0) is 13.8. The SMILES string of the molecule is CC1(C)[C@@H]2CC[C@@]1(C)C(O[Si](C)(C)C)=C2[Te]C#N. The number of rotatable bonds is 3. The normalized spacial score (nSPS) is 33.7. The third-order valence-corrected chi connectivity index (χ3v) is 7.88. The van der Waals surface area contributed by atoms with Crippen molar-refractivity contribution in [2.45, 2.75) is 53.3 Å². The third-order valence-electron chi connectivity index (χ3n) is 4.83. The molecule has 0 spiro atoms. The Kier molecular flexibility index (Phi) is 3.43. The van der Waals surface area contributed by atoms with Gasteiger partial charge in [-0.3, -0.25) is 0 Å². The zero-order valence-corrected chi connectivity index (χ0v) is 15.6. The van der Waals surface area contributed by atoms with E-state index in [2.05, 4.69) is 44.5 Å². The van der Waals surface area contributed by atoms with Crippen molar-refractivity contribution in [2.24, 2.45) is 16.7 Å². The third kappa shape index (κ3) is 1.96. The van der Waals surface area contributed by atoms with Gasteiger partial charge in [-0.1, -0.05) is 0 Å². The van der Waals surface area contributed by atoms with E-state index >= 15 is 0 Å². The summed E-state index contributed by atoms with van der Waals surface area (Å²) in [6.07, 6.45) is 2.48. The Bertz CT molecular complexity index is 444. The molecule has 2 aliphatic rings. The average molecular weight is 377 g/mol. The van der Waals surface area contributed by atoms with Gasteiger partial charge >= 0.3 is 122 Å². The van der Waals surface area contributed by atoms with Crippen molar-refractivity contribution in [2.75, 3.05) is 0 Å². The molecule has 0 N–H and O–H groups in total. The number of nitriles is 1. The van der Waals surface area contributed by atoms with Gasteiger partial charge in [0.15, 0.2) is 0 Å². The second-order valence-corrected chi connectivity index (χ2v) is 14.0. The Hall–Kier alpha value is 0.0365. The number of hydrogen-bond acceptors (Lipinski definition) is 2. The van der Waals surface area contributed by atoms with Crippen LogP contribution in [0.5, 0.6) is 0 Å². The maximum atomic E-state index is 9.15. The Morgan fingerprint density at radius 1 is 1.33 bits per heavy atom. The fourth-order valence-corrected chi connectivity index (χ4v) is 7.50. The van der Waals surface area contributed by atoms with Crippen molar-refractivity contribution in [1.82, 2.24) is 0 Å². The maximum absolute atomic E-state index is 9.15. The molecule has 2 aliphatic carbocycles. The predicted molar refractivity (Wildman–Crippen MR) is 77.4 cm³/mol. The van der Waals surface area contributed by atoms with Crippen molar-refractivity contribution in [1.29, 1.82) is 5.26 Å². The predicted octanol–water partition coefficient (Wildman–Crippen LogP) is 3.69. The molecule has 4 heteroatoms. The summed E-state index contributed by atoms with van der Waals surface area (Å²) in [6, 6.07) is 0. The van der Waals surface area contributed by atoms with Crippen LogP contribution < -0.4 is 0 Å². The molecule has 0 heterocycles. The minimum atomic E-state index is -1.59. The van der Waals surface area contributed by atoms with E-state index in [0.717, 1.165) is 0 Å². The summed E-state index contributed by atoms with van der Waals surface area (Å²) in [7, 11) is -1.59. The van der Waals surface area contributed by atoms with Gasteiger partial charge in [-0.2, -0.15) is 0 Å². The number of nitrogens with zero attached hydrogens (tertiary/aromatic N) is 1. The second-order valence-electron chi connectivity index (χ2n) is 7.25. The van der Waals surface area contributed by atoms with E-state index in [0.29, 0.717) is 5.92 Å². The molecule has 0 aliphatic heterocycles. The van der Waals surface area contributed by atoms with Crippen LogP contribution in [0.3, 0.4) is 0 Å². The van der Waals surface area contributed by atoms with Gasteiger partial charge in [-0.25, -0.2) is 0 Å². The van der Waals surface area contributed by atoms with Crippen molar-refractivity contribution in [3.63, 3.8) is 0 Å². The van der Waals surface area contributed by atoms with Crippen LogP contribution in [0.15, 0.2) is 9.38 Å². The van der Waals surface area contributed by atoms with Crippen LogP contribution in [0.25, 0.3) is 0 Å². The summed E-state index contributed by atoms with van der Waals surface area (Å²) >= 11 is -0.686. The molecule has 0 aromatic carbocycles. The van der Waals surface area contributed by atoms with Crippen LogP contribution in [0.4, 0.5) is 0 Å². The van der Waals surface area contributed by atoms with Crippen molar-refractivity contribution >= 4 is 29.2 Å². The van der Waals surface area contributed by atoms with Crippen molar-refractivity contribution in [3.8, 4) is 4.12 Å². The first-order chi connectivity index (χ1) is 8.13. The molecule has 18 heavy (non-hydrogen) atoms. The summed E-state index contributed by atoms with van der Waals surface area (Å²) in [4.78, 5) is 0. The van der Waals surface area contributed by atoms with E-state index in [-0.39, 0.29) is 10.8 Å². The quantitative estimate of drug-likeness (QED) is 0.703. The molecular weight excluding hydrogens is 354 g/mol. The second kappa shape index (κ2) is 4.27. The van der Waals surface area contributed by atoms with E-state index < -0.39 is 29.2 Å². The Morgan fingerprint density at radius 2 is 1.94 bits per heavy atom. The van der Waals surface area contributed by atoms with Gasteiger partial charge in [0.1, 0.15) is 0 Å². The molecule has 0 unspecified atom stereocenters. The summed E-state index contributed by atoms with van der Waals surface area (Å²) in [5, 5.41) is 9.15. The molecule has 100 valence electrons. The molecule has 1 saturated carbocycles. The van der Waals surface area contributed by atoms with E-state index in [1.165, 1.54) is 22.2 Å². The Labute approximate surface area is 122 Å². The van der Waals surface area contributed by atoms with E-state index in [1.807, 2.05) is 0 Å². The van der Waals surface area contributed by atoms with E-state index in [1.54, 1.807) is 0 Å². The summed E-state index contributed by atoms with van der Waals surface area (Å²) < 4.78 is 10.3. The van der Waals surface area contributed by atoms with Gasteiger partial charge in [0, 0.05) is 0 Å². The Balaban J connectivity index is 2.47. The number of hydrogen-bond donors (Lipinski definition) is 0. The zero-order valence-electron chi connectivity index (χ0n) is 12.3. The first-order valence-electron chi connectivity index (χ1n) is 6.63. The van der Waals surface area contributed by atoms with E-state index in [9.17, 15) is 0 Å². The fraction of sp³-hybridized carbons (Fsp3) is 0.786. The van der Waals surface area contributed by atoms with Gasteiger partial charge in [-0.15, -0.1) is 0 Å². The van der Waals surface area contributed by atoms with Crippen molar-refractivity contribution < 1.29 is 4.43 Å². The topological polar surface area (TPSA) is 33.0 Å². The first kappa shape index (κ1) is 14.4. The van der Waals surface area contributed by atoms with E-state index in [4.69, 9.17) is 9.69 Å². The monoisotopic (exact) mass is 379 g/mol. The summed E-state index contributed by atoms with van der Waals surface area (Å²) in [5.74, 6) is 1.85. The molecule has 2 bridgehead atoms. The molecule has 0 radical (unpaired) electrons. The number of allylic oxidation sites excluding steroid dienone is 2. The molecular formula is C14H23NOSiTe. The van der Waals surface area contributed by atoms with Gasteiger partial charge in [-0.05, 0) is 0 Å². The van der Waals surface area contributed by atoms with Gasteiger partial charge in [0.05, 0.1) is 0 Å². The molecule has 0 aromatic rings. The van der Waals surface area contributed by atoms with Crippen LogP contribution in [-0.4, -0.2) is 29.2 Å². The molecule has 2 atom stereocenters. The summed E-state index contributed by atoms with van der Waals surface area (Å²) in [6.45, 7) is 13.8. The molecule has 2 nitrogen and oxygen atoms in total. The van der Waals surface area contributed by atoms with Crippen LogP contribution in [-0.2, 0) is 4.43 Å². The molecule has 0 saturated heterocycles. The first-order valence-corrected chi connectivity index (χ1v) is 12.4.